The molecule has 0 radical (unpaired) electrons. The number of pyridine rings is 1. The van der Waals surface area contributed by atoms with Crippen LogP contribution in [0, 0.1) is 5.41 Å². The first-order valence-corrected chi connectivity index (χ1v) is 6.65. The summed E-state index contributed by atoms with van der Waals surface area (Å²) in [4.78, 5) is 5.59. The highest BCUT2D eigenvalue weighted by atomic mass is 32.1. The van der Waals surface area contributed by atoms with Crippen LogP contribution in [0.3, 0.4) is 0 Å². The maximum absolute atomic E-state index is 7.62. The molecule has 4 heteroatoms. The van der Waals surface area contributed by atoms with Gasteiger partial charge in [-0.05, 0) is 31.2 Å². The van der Waals surface area contributed by atoms with Crippen LogP contribution < -0.4 is 0 Å². The molecule has 0 aliphatic carbocycles. The average molecular weight is 255 g/mol. The van der Waals surface area contributed by atoms with Crippen LogP contribution in [-0.2, 0) is 6.54 Å². The van der Waals surface area contributed by atoms with Gasteiger partial charge in [0.1, 0.15) is 0 Å². The lowest BCUT2D eigenvalue weighted by Crippen LogP contribution is -1.96. The first kappa shape index (κ1) is 11.2. The van der Waals surface area contributed by atoms with Crippen molar-refractivity contribution < 1.29 is 0 Å². The zero-order valence-electron chi connectivity index (χ0n) is 10.1. The number of fused-ring (bicyclic) bond motifs is 1. The van der Waals surface area contributed by atoms with Crippen LogP contribution >= 0.6 is 11.3 Å². The first-order valence-electron chi connectivity index (χ1n) is 5.77. The van der Waals surface area contributed by atoms with Gasteiger partial charge in [0.25, 0.3) is 0 Å². The Labute approximate surface area is 109 Å². The Morgan fingerprint density at radius 1 is 1.44 bits per heavy atom. The van der Waals surface area contributed by atoms with Gasteiger partial charge in [-0.2, -0.15) is 0 Å². The number of thiophene rings is 1. The lowest BCUT2D eigenvalue weighted by molar-refractivity contribution is 0.851. The van der Waals surface area contributed by atoms with Crippen LogP contribution in [0.1, 0.15) is 17.4 Å². The third kappa shape index (κ3) is 1.95. The lowest BCUT2D eigenvalue weighted by atomic mass is 10.2. The fourth-order valence-electron chi connectivity index (χ4n) is 1.99. The molecule has 0 unspecified atom stereocenters. The average Bonchev–Trinajstić information content (AvgIpc) is 2.98. The molecule has 0 amide bonds. The second-order valence-electron chi connectivity index (χ2n) is 4.28. The molecule has 3 nitrogen and oxygen atoms in total. The minimum absolute atomic E-state index is 0.622. The fraction of sp³-hybridized carbons (Fsp3) is 0.143. The molecule has 0 aromatic carbocycles. The van der Waals surface area contributed by atoms with Crippen LogP contribution in [0.25, 0.3) is 11.0 Å². The second-order valence-corrected chi connectivity index (χ2v) is 5.27. The summed E-state index contributed by atoms with van der Waals surface area (Å²) in [6, 6.07) is 8.17. The summed E-state index contributed by atoms with van der Waals surface area (Å²) in [5.41, 5.74) is 3.82. The van der Waals surface area contributed by atoms with Gasteiger partial charge < -0.3 is 9.98 Å². The summed E-state index contributed by atoms with van der Waals surface area (Å²) < 4.78 is 2.19. The van der Waals surface area contributed by atoms with Crippen molar-refractivity contribution in [1.29, 1.82) is 5.41 Å². The number of hydrogen-bond donors (Lipinski definition) is 1. The predicted octanol–water partition coefficient (Wildman–Crippen LogP) is 3.53. The van der Waals surface area contributed by atoms with Gasteiger partial charge in [0, 0.05) is 33.9 Å². The molecular weight excluding hydrogens is 242 g/mol. The Morgan fingerprint density at radius 2 is 2.33 bits per heavy atom. The predicted molar refractivity (Wildman–Crippen MR) is 75.7 cm³/mol. The van der Waals surface area contributed by atoms with E-state index in [2.05, 4.69) is 27.9 Å². The van der Waals surface area contributed by atoms with E-state index in [0.717, 1.165) is 23.1 Å². The van der Waals surface area contributed by atoms with Gasteiger partial charge in [-0.15, -0.1) is 11.3 Å². The third-order valence-corrected chi connectivity index (χ3v) is 3.87. The molecule has 3 aromatic heterocycles. The van der Waals surface area contributed by atoms with Gasteiger partial charge in [-0.25, -0.2) is 0 Å². The molecule has 90 valence electrons. The van der Waals surface area contributed by atoms with Crippen LogP contribution in [-0.4, -0.2) is 15.3 Å². The maximum atomic E-state index is 7.62. The normalized spacial score (nSPS) is 10.9. The highest BCUT2D eigenvalue weighted by molar-refractivity contribution is 7.10. The minimum atomic E-state index is 0.622. The molecule has 0 aliphatic rings. The van der Waals surface area contributed by atoms with Crippen LogP contribution in [0.4, 0.5) is 0 Å². The molecule has 3 aromatic rings. The van der Waals surface area contributed by atoms with Gasteiger partial charge >= 0.3 is 0 Å². The van der Waals surface area contributed by atoms with E-state index in [0.29, 0.717) is 5.71 Å². The quantitative estimate of drug-likeness (QED) is 0.715. The van der Waals surface area contributed by atoms with Crippen molar-refractivity contribution in [3.05, 3.63) is 52.5 Å². The molecule has 0 aliphatic heterocycles. The Morgan fingerprint density at radius 3 is 3.11 bits per heavy atom. The van der Waals surface area contributed by atoms with E-state index in [1.165, 1.54) is 4.88 Å². The molecule has 18 heavy (non-hydrogen) atoms. The lowest BCUT2D eigenvalue weighted by Gasteiger charge is -2.02. The van der Waals surface area contributed by atoms with E-state index in [1.807, 2.05) is 30.6 Å². The standard InChI is InChI=1S/C14H13N3S/c1-10(15)11-7-12(18-9-11)8-17-6-4-13-14(17)3-2-5-16-13/h2-7,9,15H,8H2,1H3. The van der Waals surface area contributed by atoms with Crippen molar-refractivity contribution in [2.45, 2.75) is 13.5 Å². The minimum Gasteiger partial charge on any atom is -0.341 e. The molecule has 0 atom stereocenters. The molecule has 0 spiro atoms. The largest absolute Gasteiger partial charge is 0.341 e. The summed E-state index contributed by atoms with van der Waals surface area (Å²) in [5.74, 6) is 0. The van der Waals surface area contributed by atoms with Crippen molar-refractivity contribution in [3.63, 3.8) is 0 Å². The molecule has 3 rings (SSSR count). The Bertz CT molecular complexity index is 708. The van der Waals surface area contributed by atoms with Crippen molar-refractivity contribution in [2.75, 3.05) is 0 Å². The van der Waals surface area contributed by atoms with Crippen LogP contribution in [0.2, 0.25) is 0 Å². The number of nitrogens with zero attached hydrogens (tertiary/aromatic N) is 2. The van der Waals surface area contributed by atoms with Gasteiger partial charge in [0.05, 0.1) is 17.6 Å². The molecule has 0 saturated carbocycles. The van der Waals surface area contributed by atoms with Crippen LogP contribution in [0.15, 0.2) is 42.0 Å². The number of aromatic nitrogens is 2. The summed E-state index contributed by atoms with van der Waals surface area (Å²) >= 11 is 1.70. The molecule has 1 N–H and O–H groups in total. The number of hydrogen-bond acceptors (Lipinski definition) is 3. The molecule has 0 fully saturated rings. The number of rotatable bonds is 3. The second kappa shape index (κ2) is 4.38. The molecule has 0 saturated heterocycles. The smallest absolute Gasteiger partial charge is 0.0881 e. The van der Waals surface area contributed by atoms with E-state index in [-0.39, 0.29) is 0 Å². The Kier molecular flexibility index (Phi) is 2.72. The van der Waals surface area contributed by atoms with E-state index in [4.69, 9.17) is 5.41 Å². The Hall–Kier alpha value is -1.94. The topological polar surface area (TPSA) is 41.7 Å². The van der Waals surface area contributed by atoms with E-state index >= 15 is 0 Å². The molecular formula is C14H13N3S. The highest BCUT2D eigenvalue weighted by Gasteiger charge is 2.05. The van der Waals surface area contributed by atoms with Crippen molar-refractivity contribution >= 4 is 28.1 Å². The SMILES string of the molecule is CC(=N)c1csc(Cn2ccc3ncccc32)c1. The summed E-state index contributed by atoms with van der Waals surface area (Å²) in [5, 5.41) is 9.66. The summed E-state index contributed by atoms with van der Waals surface area (Å²) in [6.07, 6.45) is 3.88. The van der Waals surface area contributed by atoms with Gasteiger partial charge in [0.2, 0.25) is 0 Å². The van der Waals surface area contributed by atoms with Crippen molar-refractivity contribution in [1.82, 2.24) is 9.55 Å². The summed E-state index contributed by atoms with van der Waals surface area (Å²) in [6.45, 7) is 2.66. The fourth-order valence-corrected chi connectivity index (χ4v) is 2.92. The van der Waals surface area contributed by atoms with E-state index in [1.54, 1.807) is 11.3 Å². The van der Waals surface area contributed by atoms with Gasteiger partial charge in [0.15, 0.2) is 0 Å². The molecule has 0 bridgehead atoms. The monoisotopic (exact) mass is 255 g/mol. The third-order valence-electron chi connectivity index (χ3n) is 2.95. The van der Waals surface area contributed by atoms with E-state index < -0.39 is 0 Å². The zero-order valence-corrected chi connectivity index (χ0v) is 10.9. The molecule has 3 heterocycles. The van der Waals surface area contributed by atoms with Crippen molar-refractivity contribution in [2.24, 2.45) is 0 Å². The zero-order chi connectivity index (χ0) is 12.5. The van der Waals surface area contributed by atoms with Gasteiger partial charge in [-0.1, -0.05) is 0 Å². The van der Waals surface area contributed by atoms with Crippen molar-refractivity contribution in [3.8, 4) is 0 Å². The van der Waals surface area contributed by atoms with Crippen LogP contribution in [0.5, 0.6) is 0 Å². The first-order chi connectivity index (χ1) is 8.74. The highest BCUT2D eigenvalue weighted by Crippen LogP contribution is 2.19. The maximum Gasteiger partial charge on any atom is 0.0881 e. The Balaban J connectivity index is 1.93. The van der Waals surface area contributed by atoms with E-state index in [9.17, 15) is 0 Å². The number of nitrogens with one attached hydrogen (secondary N) is 1. The summed E-state index contributed by atoms with van der Waals surface area (Å²) in [7, 11) is 0. The van der Waals surface area contributed by atoms with Gasteiger partial charge in [-0.3, -0.25) is 4.98 Å².